The molecule has 1 atom stereocenters. The van der Waals surface area contributed by atoms with Crippen molar-refractivity contribution in [3.63, 3.8) is 0 Å². The number of halogens is 1. The van der Waals surface area contributed by atoms with Crippen LogP contribution in [0.2, 0.25) is 0 Å². The van der Waals surface area contributed by atoms with Gasteiger partial charge in [0.05, 0.1) is 18.1 Å². The Morgan fingerprint density at radius 1 is 1.20 bits per heavy atom. The van der Waals surface area contributed by atoms with Gasteiger partial charge in [-0.15, -0.1) is 11.3 Å². The molecule has 1 aliphatic rings. The Morgan fingerprint density at radius 3 is 2.74 bits per heavy atom. The first-order chi connectivity index (χ1) is 16.8. The SMILES string of the molecule is O=c1ccn(COCCCS(=O)(=O)C[C@@H](c2ccc(F)c(OCC3CC3)c2)c2cccs2)c(=O)[nH]1. The number of rotatable bonds is 13. The van der Waals surface area contributed by atoms with Crippen LogP contribution in [-0.2, 0) is 21.3 Å². The summed E-state index contributed by atoms with van der Waals surface area (Å²) in [6, 6.07) is 9.51. The summed E-state index contributed by atoms with van der Waals surface area (Å²) in [5.74, 6) is -0.497. The molecule has 2 heterocycles. The number of thiophene rings is 1. The lowest BCUT2D eigenvalue weighted by Gasteiger charge is -2.18. The van der Waals surface area contributed by atoms with Crippen molar-refractivity contribution < 1.29 is 22.3 Å². The molecule has 3 aromatic rings. The fourth-order valence-electron chi connectivity index (χ4n) is 3.60. The molecule has 0 bridgehead atoms. The van der Waals surface area contributed by atoms with Crippen LogP contribution in [-0.4, -0.2) is 42.7 Å². The highest BCUT2D eigenvalue weighted by Gasteiger charge is 2.26. The fraction of sp³-hybridized carbons (Fsp3) is 0.417. The Kier molecular flexibility index (Phi) is 8.19. The van der Waals surface area contributed by atoms with Gasteiger partial charge in [0.1, 0.15) is 6.73 Å². The number of ether oxygens (including phenoxy) is 2. The van der Waals surface area contributed by atoms with Crippen LogP contribution in [0.1, 0.15) is 35.6 Å². The monoisotopic (exact) mass is 522 g/mol. The molecule has 0 unspecified atom stereocenters. The highest BCUT2D eigenvalue weighted by atomic mass is 32.2. The zero-order chi connectivity index (χ0) is 24.8. The highest BCUT2D eigenvalue weighted by molar-refractivity contribution is 7.91. The van der Waals surface area contributed by atoms with Crippen LogP contribution >= 0.6 is 11.3 Å². The van der Waals surface area contributed by atoms with Gasteiger partial charge in [0, 0.05) is 29.7 Å². The molecular formula is C24H27FN2O6S2. The van der Waals surface area contributed by atoms with Crippen LogP contribution in [0.4, 0.5) is 4.39 Å². The number of aromatic amines is 1. The number of sulfone groups is 1. The molecular weight excluding hydrogens is 495 g/mol. The Hall–Kier alpha value is -2.76. The minimum Gasteiger partial charge on any atom is -0.490 e. The average molecular weight is 523 g/mol. The van der Waals surface area contributed by atoms with Crippen molar-refractivity contribution in [2.45, 2.75) is 31.9 Å². The maximum Gasteiger partial charge on any atom is 0.330 e. The Morgan fingerprint density at radius 2 is 2.03 bits per heavy atom. The second-order valence-corrected chi connectivity index (χ2v) is 11.8. The predicted molar refractivity (Wildman–Crippen MR) is 131 cm³/mol. The highest BCUT2D eigenvalue weighted by Crippen LogP contribution is 2.34. The largest absolute Gasteiger partial charge is 0.490 e. The molecule has 0 spiro atoms. The number of benzene rings is 1. The van der Waals surface area contributed by atoms with E-state index in [9.17, 15) is 22.4 Å². The minimum atomic E-state index is -3.48. The van der Waals surface area contributed by atoms with Gasteiger partial charge in [0.2, 0.25) is 0 Å². The molecule has 0 radical (unpaired) electrons. The van der Waals surface area contributed by atoms with Crippen LogP contribution in [0.3, 0.4) is 0 Å². The second-order valence-electron chi connectivity index (χ2n) is 8.60. The summed E-state index contributed by atoms with van der Waals surface area (Å²) >= 11 is 1.46. The normalized spacial score (nSPS) is 14.7. The number of H-pyrrole nitrogens is 1. The lowest BCUT2D eigenvalue weighted by Crippen LogP contribution is -2.29. The third-order valence-electron chi connectivity index (χ3n) is 5.71. The molecule has 2 aromatic heterocycles. The molecule has 1 saturated carbocycles. The van der Waals surface area contributed by atoms with Gasteiger partial charge >= 0.3 is 5.69 Å². The second kappa shape index (κ2) is 11.3. The summed E-state index contributed by atoms with van der Waals surface area (Å²) in [5.41, 5.74) is -0.402. The van der Waals surface area contributed by atoms with Crippen LogP contribution in [0.15, 0.2) is 57.6 Å². The van der Waals surface area contributed by atoms with E-state index in [4.69, 9.17) is 9.47 Å². The van der Waals surface area contributed by atoms with Crippen molar-refractivity contribution in [3.8, 4) is 5.75 Å². The van der Waals surface area contributed by atoms with E-state index in [1.807, 2.05) is 17.5 Å². The summed E-state index contributed by atoms with van der Waals surface area (Å²) in [6.07, 6.45) is 3.73. The van der Waals surface area contributed by atoms with E-state index in [2.05, 4.69) is 4.98 Å². The molecule has 4 rings (SSSR count). The lowest BCUT2D eigenvalue weighted by molar-refractivity contribution is 0.0745. The molecule has 1 fully saturated rings. The van der Waals surface area contributed by atoms with E-state index < -0.39 is 32.8 Å². The van der Waals surface area contributed by atoms with E-state index in [0.29, 0.717) is 18.1 Å². The summed E-state index contributed by atoms with van der Waals surface area (Å²) in [5, 5.41) is 1.88. The molecule has 1 aliphatic carbocycles. The number of hydrogen-bond acceptors (Lipinski definition) is 7. The zero-order valence-electron chi connectivity index (χ0n) is 19.0. The molecule has 0 amide bonds. The van der Waals surface area contributed by atoms with Gasteiger partial charge in [-0.3, -0.25) is 14.3 Å². The molecule has 8 nitrogen and oxygen atoms in total. The van der Waals surface area contributed by atoms with E-state index >= 15 is 0 Å². The predicted octanol–water partition coefficient (Wildman–Crippen LogP) is 3.14. The van der Waals surface area contributed by atoms with Gasteiger partial charge in [-0.1, -0.05) is 12.1 Å². The number of hydrogen-bond donors (Lipinski definition) is 1. The fourth-order valence-corrected chi connectivity index (χ4v) is 6.16. The van der Waals surface area contributed by atoms with Gasteiger partial charge in [-0.25, -0.2) is 17.6 Å². The quantitative estimate of drug-likeness (QED) is 0.346. The lowest BCUT2D eigenvalue weighted by atomic mass is 9.99. The van der Waals surface area contributed by atoms with Crippen LogP contribution in [0.25, 0.3) is 0 Å². The molecule has 1 N–H and O–H groups in total. The van der Waals surface area contributed by atoms with Crippen molar-refractivity contribution in [2.24, 2.45) is 5.92 Å². The van der Waals surface area contributed by atoms with Crippen molar-refractivity contribution in [1.29, 1.82) is 0 Å². The minimum absolute atomic E-state index is 0.0906. The van der Waals surface area contributed by atoms with Gasteiger partial charge in [0.25, 0.3) is 5.56 Å². The van der Waals surface area contributed by atoms with Gasteiger partial charge in [0.15, 0.2) is 21.4 Å². The van der Waals surface area contributed by atoms with Gasteiger partial charge in [-0.05, 0) is 54.3 Å². The molecule has 188 valence electrons. The molecule has 0 aliphatic heterocycles. The van der Waals surface area contributed by atoms with Gasteiger partial charge in [-0.2, -0.15) is 0 Å². The number of nitrogens with zero attached hydrogens (tertiary/aromatic N) is 1. The van der Waals surface area contributed by atoms with Crippen LogP contribution in [0, 0.1) is 11.7 Å². The topological polar surface area (TPSA) is 107 Å². The summed E-state index contributed by atoms with van der Waals surface area (Å²) < 4.78 is 52.5. The first-order valence-electron chi connectivity index (χ1n) is 11.3. The van der Waals surface area contributed by atoms with E-state index in [1.165, 1.54) is 34.2 Å². The Labute approximate surface area is 206 Å². The number of aromatic nitrogens is 2. The van der Waals surface area contributed by atoms with E-state index in [0.717, 1.165) is 17.7 Å². The smallest absolute Gasteiger partial charge is 0.330 e. The summed E-state index contributed by atoms with van der Waals surface area (Å²) in [4.78, 5) is 25.8. The van der Waals surface area contributed by atoms with Crippen LogP contribution < -0.4 is 16.0 Å². The Balaban J connectivity index is 1.37. The first-order valence-corrected chi connectivity index (χ1v) is 14.0. The third-order valence-corrected chi connectivity index (χ3v) is 8.45. The molecule has 0 saturated heterocycles. The van der Waals surface area contributed by atoms with Crippen molar-refractivity contribution in [3.05, 3.63) is 85.1 Å². The standard InChI is InChI=1S/C24H27FN2O6S2/c25-20-7-6-18(13-21(20)33-14-17-4-5-17)19(22-3-1-11-34-22)15-35(30,31)12-2-10-32-16-27-9-8-23(28)26-24(27)29/h1,3,6-9,11,13,17,19H,2,4-5,10,12,14-16H2,(H,26,28,29)/t19-/m0/s1. The molecule has 1 aromatic carbocycles. The van der Waals surface area contributed by atoms with E-state index in [-0.39, 0.29) is 37.0 Å². The van der Waals surface area contributed by atoms with Gasteiger partial charge < -0.3 is 9.47 Å². The van der Waals surface area contributed by atoms with Crippen molar-refractivity contribution in [1.82, 2.24) is 9.55 Å². The zero-order valence-corrected chi connectivity index (χ0v) is 20.7. The van der Waals surface area contributed by atoms with E-state index in [1.54, 1.807) is 12.1 Å². The maximum absolute atomic E-state index is 14.3. The molecule has 35 heavy (non-hydrogen) atoms. The maximum atomic E-state index is 14.3. The summed E-state index contributed by atoms with van der Waals surface area (Å²) in [6.45, 7) is 0.504. The summed E-state index contributed by atoms with van der Waals surface area (Å²) in [7, 11) is -3.48. The Bertz CT molecular complexity index is 1350. The number of nitrogens with one attached hydrogen (secondary N) is 1. The first kappa shape index (κ1) is 25.3. The average Bonchev–Trinajstić information content (AvgIpc) is 3.49. The third kappa shape index (κ3) is 7.36. The van der Waals surface area contributed by atoms with Crippen molar-refractivity contribution in [2.75, 3.05) is 24.7 Å². The van der Waals surface area contributed by atoms with Crippen molar-refractivity contribution >= 4 is 21.2 Å². The molecule has 11 heteroatoms. The van der Waals surface area contributed by atoms with Crippen LogP contribution in [0.5, 0.6) is 5.75 Å².